The molecule has 4 rings (SSSR count). The predicted octanol–water partition coefficient (Wildman–Crippen LogP) is 5.79. The van der Waals surface area contributed by atoms with E-state index in [4.69, 9.17) is 21.3 Å². The van der Waals surface area contributed by atoms with E-state index in [-0.39, 0.29) is 11.9 Å². The van der Waals surface area contributed by atoms with E-state index in [2.05, 4.69) is 4.90 Å². The molecule has 0 saturated carbocycles. The van der Waals surface area contributed by atoms with Gasteiger partial charge in [-0.2, -0.15) is 13.2 Å². The standard InChI is InChI=1S/C23H23ClF3N3O2/c1-3-32-21(31)15-8-10-29(11-9-15)22-28-19-12-14(2)18(24)13-20(19)30(22)17-6-4-16(5-7-17)23(25,26)27/h4-7,12-13,15H,3,8-11H2,1-2H3. The fourth-order valence-corrected chi connectivity index (χ4v) is 4.19. The molecule has 0 bridgehead atoms. The zero-order chi connectivity index (χ0) is 23.0. The number of fused-ring (bicyclic) bond motifs is 1. The zero-order valence-corrected chi connectivity index (χ0v) is 18.5. The van der Waals surface area contributed by atoms with Crippen molar-refractivity contribution in [2.45, 2.75) is 32.9 Å². The molecular formula is C23H23ClF3N3O2. The molecule has 1 aliphatic rings. The third kappa shape index (κ3) is 4.28. The first kappa shape index (κ1) is 22.5. The van der Waals surface area contributed by atoms with Gasteiger partial charge in [-0.1, -0.05) is 11.6 Å². The van der Waals surface area contributed by atoms with Crippen LogP contribution in [-0.2, 0) is 15.7 Å². The second-order valence-corrected chi connectivity index (χ2v) is 8.30. The molecule has 32 heavy (non-hydrogen) atoms. The van der Waals surface area contributed by atoms with E-state index < -0.39 is 11.7 Å². The van der Waals surface area contributed by atoms with Crippen molar-refractivity contribution < 1.29 is 22.7 Å². The van der Waals surface area contributed by atoms with Crippen molar-refractivity contribution in [2.75, 3.05) is 24.6 Å². The van der Waals surface area contributed by atoms with E-state index in [1.165, 1.54) is 12.1 Å². The molecule has 0 spiro atoms. The molecular weight excluding hydrogens is 443 g/mol. The summed E-state index contributed by atoms with van der Waals surface area (Å²) in [6.07, 6.45) is -3.17. The topological polar surface area (TPSA) is 47.4 Å². The first-order valence-electron chi connectivity index (χ1n) is 10.5. The van der Waals surface area contributed by atoms with Crippen molar-refractivity contribution in [2.24, 2.45) is 5.92 Å². The number of imidazole rings is 1. The maximum absolute atomic E-state index is 13.1. The Kier molecular flexibility index (Phi) is 6.07. The highest BCUT2D eigenvalue weighted by atomic mass is 35.5. The van der Waals surface area contributed by atoms with E-state index in [0.29, 0.717) is 60.2 Å². The van der Waals surface area contributed by atoms with Gasteiger partial charge >= 0.3 is 12.1 Å². The summed E-state index contributed by atoms with van der Waals surface area (Å²) in [5.74, 6) is 0.265. The van der Waals surface area contributed by atoms with Crippen LogP contribution in [0.25, 0.3) is 16.7 Å². The quantitative estimate of drug-likeness (QED) is 0.458. The Balaban J connectivity index is 1.74. The van der Waals surface area contributed by atoms with Crippen molar-refractivity contribution in [1.82, 2.24) is 9.55 Å². The summed E-state index contributed by atoms with van der Waals surface area (Å²) in [6.45, 7) is 5.18. The summed E-state index contributed by atoms with van der Waals surface area (Å²) in [7, 11) is 0. The fraction of sp³-hybridized carbons (Fsp3) is 0.391. The first-order valence-corrected chi connectivity index (χ1v) is 10.8. The molecule has 0 atom stereocenters. The Bertz CT molecular complexity index is 1130. The molecule has 1 aromatic heterocycles. The number of piperidine rings is 1. The van der Waals surface area contributed by atoms with Gasteiger partial charge in [0.05, 0.1) is 29.1 Å². The lowest BCUT2D eigenvalue weighted by atomic mass is 9.97. The van der Waals surface area contributed by atoms with Crippen LogP contribution in [0.2, 0.25) is 5.02 Å². The number of esters is 1. The van der Waals surface area contributed by atoms with Crippen LogP contribution in [-0.4, -0.2) is 35.2 Å². The molecule has 3 aromatic rings. The third-order valence-corrected chi connectivity index (χ3v) is 6.17. The number of carbonyl (C=O) groups is 1. The van der Waals surface area contributed by atoms with Gasteiger partial charge in [0.25, 0.3) is 0 Å². The molecule has 0 amide bonds. The van der Waals surface area contributed by atoms with Crippen LogP contribution in [0.15, 0.2) is 36.4 Å². The second-order valence-electron chi connectivity index (χ2n) is 7.90. The second kappa shape index (κ2) is 8.65. The maximum atomic E-state index is 13.1. The maximum Gasteiger partial charge on any atom is 0.416 e. The summed E-state index contributed by atoms with van der Waals surface area (Å²) in [5, 5.41) is 0.554. The van der Waals surface area contributed by atoms with Crippen LogP contribution < -0.4 is 4.90 Å². The fourth-order valence-electron chi connectivity index (χ4n) is 4.03. The van der Waals surface area contributed by atoms with Crippen LogP contribution in [0, 0.1) is 12.8 Å². The number of benzene rings is 2. The Labute approximate surface area is 188 Å². The van der Waals surface area contributed by atoms with E-state index >= 15 is 0 Å². The highest BCUT2D eigenvalue weighted by Crippen LogP contribution is 2.35. The molecule has 0 unspecified atom stereocenters. The minimum Gasteiger partial charge on any atom is -0.466 e. The lowest BCUT2D eigenvalue weighted by Crippen LogP contribution is -2.38. The number of hydrogen-bond donors (Lipinski definition) is 0. The number of alkyl halides is 3. The van der Waals surface area contributed by atoms with Crippen molar-refractivity contribution >= 4 is 34.6 Å². The predicted molar refractivity (Wildman–Crippen MR) is 117 cm³/mol. The van der Waals surface area contributed by atoms with Crippen LogP contribution in [0.1, 0.15) is 30.9 Å². The van der Waals surface area contributed by atoms with Gasteiger partial charge in [0.2, 0.25) is 5.95 Å². The lowest BCUT2D eigenvalue weighted by molar-refractivity contribution is -0.148. The molecule has 9 heteroatoms. The normalized spacial score (nSPS) is 15.4. The summed E-state index contributed by atoms with van der Waals surface area (Å²) in [4.78, 5) is 18.9. The minimum atomic E-state index is -4.41. The number of aromatic nitrogens is 2. The van der Waals surface area contributed by atoms with Crippen LogP contribution in [0.3, 0.4) is 0 Å². The van der Waals surface area contributed by atoms with E-state index in [1.807, 2.05) is 17.6 Å². The van der Waals surface area contributed by atoms with E-state index in [1.54, 1.807) is 13.0 Å². The highest BCUT2D eigenvalue weighted by molar-refractivity contribution is 6.32. The van der Waals surface area contributed by atoms with Crippen molar-refractivity contribution in [3.05, 3.63) is 52.5 Å². The van der Waals surface area contributed by atoms with Crippen LogP contribution in [0.4, 0.5) is 19.1 Å². The van der Waals surface area contributed by atoms with Crippen LogP contribution in [0.5, 0.6) is 0 Å². The Morgan fingerprint density at radius 2 is 1.84 bits per heavy atom. The van der Waals surface area contributed by atoms with Crippen molar-refractivity contribution in [1.29, 1.82) is 0 Å². The number of carbonyl (C=O) groups excluding carboxylic acids is 1. The van der Waals surface area contributed by atoms with Crippen molar-refractivity contribution in [3.63, 3.8) is 0 Å². The Hall–Kier alpha value is -2.74. The Morgan fingerprint density at radius 1 is 1.19 bits per heavy atom. The smallest absolute Gasteiger partial charge is 0.416 e. The summed E-state index contributed by atoms with van der Waals surface area (Å²) >= 11 is 6.36. The van der Waals surface area contributed by atoms with Gasteiger partial charge < -0.3 is 9.64 Å². The Morgan fingerprint density at radius 3 is 2.44 bits per heavy atom. The van der Waals surface area contributed by atoms with Crippen molar-refractivity contribution in [3.8, 4) is 5.69 Å². The number of rotatable bonds is 4. The first-order chi connectivity index (χ1) is 15.2. The number of aryl methyl sites for hydroxylation is 1. The average Bonchev–Trinajstić information content (AvgIpc) is 3.12. The van der Waals surface area contributed by atoms with Gasteiger partial charge in [0.15, 0.2) is 0 Å². The largest absolute Gasteiger partial charge is 0.466 e. The molecule has 5 nitrogen and oxygen atoms in total. The lowest BCUT2D eigenvalue weighted by Gasteiger charge is -2.32. The molecule has 2 aromatic carbocycles. The number of anilines is 1. The molecule has 1 saturated heterocycles. The third-order valence-electron chi connectivity index (χ3n) is 5.77. The molecule has 170 valence electrons. The van der Waals surface area contributed by atoms with Gasteiger partial charge in [-0.25, -0.2) is 4.98 Å². The SMILES string of the molecule is CCOC(=O)C1CCN(c2nc3cc(C)c(Cl)cc3n2-c2ccc(C(F)(F)F)cc2)CC1. The summed E-state index contributed by atoms with van der Waals surface area (Å²) < 4.78 is 46.1. The number of hydrogen-bond acceptors (Lipinski definition) is 4. The van der Waals surface area contributed by atoms with Gasteiger partial charge in [-0.05, 0) is 68.7 Å². The molecule has 0 radical (unpaired) electrons. The zero-order valence-electron chi connectivity index (χ0n) is 17.7. The molecule has 2 heterocycles. The molecule has 1 aliphatic heterocycles. The highest BCUT2D eigenvalue weighted by Gasteiger charge is 2.31. The summed E-state index contributed by atoms with van der Waals surface area (Å²) in [6, 6.07) is 8.65. The molecule has 0 aliphatic carbocycles. The van der Waals surface area contributed by atoms with E-state index in [9.17, 15) is 18.0 Å². The van der Waals surface area contributed by atoms with Gasteiger partial charge in [-0.3, -0.25) is 9.36 Å². The van der Waals surface area contributed by atoms with Gasteiger partial charge in [0, 0.05) is 23.8 Å². The average molecular weight is 466 g/mol. The number of ether oxygens (including phenoxy) is 1. The van der Waals surface area contributed by atoms with Gasteiger partial charge in [0.1, 0.15) is 0 Å². The van der Waals surface area contributed by atoms with E-state index in [0.717, 1.165) is 17.7 Å². The van der Waals surface area contributed by atoms with Gasteiger partial charge in [-0.15, -0.1) is 0 Å². The molecule has 0 N–H and O–H groups in total. The number of nitrogens with zero attached hydrogens (tertiary/aromatic N) is 3. The molecule has 1 fully saturated rings. The van der Waals surface area contributed by atoms with Crippen LogP contribution >= 0.6 is 11.6 Å². The summed E-state index contributed by atoms with van der Waals surface area (Å²) in [5.41, 5.74) is 2.13. The minimum absolute atomic E-state index is 0.160. The number of halogens is 4. The monoisotopic (exact) mass is 465 g/mol.